The SMILES string of the molecule is CC1CN(Cc2cccc3c2NCC3)CC(C)O1.Cl. The lowest BCUT2D eigenvalue weighted by molar-refractivity contribution is -0.0704. The summed E-state index contributed by atoms with van der Waals surface area (Å²) >= 11 is 0. The van der Waals surface area contributed by atoms with Crippen LogP contribution in [-0.4, -0.2) is 36.7 Å². The lowest BCUT2D eigenvalue weighted by Crippen LogP contribution is -2.44. The lowest BCUT2D eigenvalue weighted by Gasteiger charge is -2.35. The van der Waals surface area contributed by atoms with Crippen LogP contribution in [-0.2, 0) is 17.7 Å². The molecule has 2 atom stereocenters. The first-order chi connectivity index (χ1) is 8.72. The van der Waals surface area contributed by atoms with Gasteiger partial charge < -0.3 is 10.1 Å². The fourth-order valence-corrected chi connectivity index (χ4v) is 3.20. The number of morpholine rings is 1. The largest absolute Gasteiger partial charge is 0.384 e. The summed E-state index contributed by atoms with van der Waals surface area (Å²) in [6.45, 7) is 8.52. The van der Waals surface area contributed by atoms with Gasteiger partial charge in [0.15, 0.2) is 0 Å². The topological polar surface area (TPSA) is 24.5 Å². The highest BCUT2D eigenvalue weighted by molar-refractivity contribution is 5.85. The molecule has 4 heteroatoms. The van der Waals surface area contributed by atoms with Gasteiger partial charge in [0.05, 0.1) is 12.2 Å². The summed E-state index contributed by atoms with van der Waals surface area (Å²) in [4.78, 5) is 2.51. The smallest absolute Gasteiger partial charge is 0.0678 e. The third-order valence-corrected chi connectivity index (χ3v) is 3.82. The zero-order valence-corrected chi connectivity index (χ0v) is 12.5. The summed E-state index contributed by atoms with van der Waals surface area (Å²) in [6.07, 6.45) is 1.86. The van der Waals surface area contributed by atoms with Crippen molar-refractivity contribution in [1.29, 1.82) is 0 Å². The molecule has 19 heavy (non-hydrogen) atoms. The van der Waals surface area contributed by atoms with Crippen LogP contribution in [0.5, 0.6) is 0 Å². The quantitative estimate of drug-likeness (QED) is 0.903. The number of hydrogen-bond donors (Lipinski definition) is 1. The normalized spacial score (nSPS) is 26.4. The fraction of sp³-hybridized carbons (Fsp3) is 0.600. The molecular formula is C15H23ClN2O. The molecule has 0 bridgehead atoms. The molecule has 1 saturated heterocycles. The number of hydrogen-bond acceptors (Lipinski definition) is 3. The lowest BCUT2D eigenvalue weighted by atomic mass is 10.1. The number of anilines is 1. The Bertz CT molecular complexity index is 428. The van der Waals surface area contributed by atoms with Crippen LogP contribution in [0.1, 0.15) is 25.0 Å². The number of nitrogens with one attached hydrogen (secondary N) is 1. The summed E-state index contributed by atoms with van der Waals surface area (Å²) < 4.78 is 5.79. The third kappa shape index (κ3) is 3.22. The first-order valence-corrected chi connectivity index (χ1v) is 6.95. The van der Waals surface area contributed by atoms with E-state index in [1.165, 1.54) is 23.2 Å². The monoisotopic (exact) mass is 282 g/mol. The predicted octanol–water partition coefficient (Wildman–Crippen LogP) is 2.69. The van der Waals surface area contributed by atoms with E-state index in [0.717, 1.165) is 26.2 Å². The molecule has 0 radical (unpaired) electrons. The van der Waals surface area contributed by atoms with Crippen LogP contribution in [0.25, 0.3) is 0 Å². The molecule has 3 nitrogen and oxygen atoms in total. The first kappa shape index (κ1) is 14.6. The fourth-order valence-electron chi connectivity index (χ4n) is 3.20. The van der Waals surface area contributed by atoms with Crippen LogP contribution in [0, 0.1) is 0 Å². The maximum atomic E-state index is 5.79. The number of fused-ring (bicyclic) bond motifs is 1. The first-order valence-electron chi connectivity index (χ1n) is 6.95. The van der Waals surface area contributed by atoms with Gasteiger partial charge in [-0.3, -0.25) is 4.90 Å². The van der Waals surface area contributed by atoms with Crippen molar-refractivity contribution in [1.82, 2.24) is 4.90 Å². The molecule has 1 N–H and O–H groups in total. The van der Waals surface area contributed by atoms with E-state index in [-0.39, 0.29) is 12.4 Å². The molecule has 0 amide bonds. The molecule has 0 aromatic heterocycles. The van der Waals surface area contributed by atoms with Crippen molar-refractivity contribution in [2.45, 2.75) is 39.0 Å². The van der Waals surface area contributed by atoms with Gasteiger partial charge in [-0.05, 0) is 31.4 Å². The van der Waals surface area contributed by atoms with Crippen molar-refractivity contribution < 1.29 is 4.74 Å². The third-order valence-electron chi connectivity index (χ3n) is 3.82. The van der Waals surface area contributed by atoms with E-state index in [2.05, 4.69) is 42.3 Å². The maximum Gasteiger partial charge on any atom is 0.0678 e. The highest BCUT2D eigenvalue weighted by Gasteiger charge is 2.23. The summed E-state index contributed by atoms with van der Waals surface area (Å²) in [5, 5.41) is 3.52. The molecule has 1 fully saturated rings. The number of rotatable bonds is 2. The zero-order chi connectivity index (χ0) is 12.5. The molecule has 0 spiro atoms. The van der Waals surface area contributed by atoms with Gasteiger partial charge in [0, 0.05) is 31.9 Å². The Labute approximate surface area is 121 Å². The average Bonchev–Trinajstić information content (AvgIpc) is 2.76. The van der Waals surface area contributed by atoms with Crippen LogP contribution >= 0.6 is 12.4 Å². The summed E-state index contributed by atoms with van der Waals surface area (Å²) in [5.74, 6) is 0. The van der Waals surface area contributed by atoms with Crippen molar-refractivity contribution in [2.75, 3.05) is 25.0 Å². The van der Waals surface area contributed by atoms with E-state index in [4.69, 9.17) is 4.74 Å². The molecule has 0 aliphatic carbocycles. The van der Waals surface area contributed by atoms with E-state index >= 15 is 0 Å². The van der Waals surface area contributed by atoms with E-state index < -0.39 is 0 Å². The van der Waals surface area contributed by atoms with Gasteiger partial charge in [0.2, 0.25) is 0 Å². The second-order valence-electron chi connectivity index (χ2n) is 5.58. The van der Waals surface area contributed by atoms with Gasteiger partial charge in [-0.1, -0.05) is 18.2 Å². The second kappa shape index (κ2) is 6.12. The molecule has 106 valence electrons. The minimum Gasteiger partial charge on any atom is -0.384 e. The van der Waals surface area contributed by atoms with Gasteiger partial charge >= 0.3 is 0 Å². The number of nitrogens with zero attached hydrogens (tertiary/aromatic N) is 1. The Morgan fingerprint density at radius 2 is 2.00 bits per heavy atom. The van der Waals surface area contributed by atoms with E-state index in [9.17, 15) is 0 Å². The molecule has 1 aromatic rings. The van der Waals surface area contributed by atoms with Gasteiger partial charge in [-0.15, -0.1) is 12.4 Å². The van der Waals surface area contributed by atoms with Gasteiger partial charge in [0.1, 0.15) is 0 Å². The molecule has 2 unspecified atom stereocenters. The highest BCUT2D eigenvalue weighted by Crippen LogP contribution is 2.28. The van der Waals surface area contributed by atoms with Gasteiger partial charge in [-0.25, -0.2) is 0 Å². The zero-order valence-electron chi connectivity index (χ0n) is 11.7. The molecule has 3 rings (SSSR count). The standard InChI is InChI=1S/C15H22N2O.ClH/c1-11-8-17(9-12(2)18-11)10-14-5-3-4-13-6-7-16-15(13)14;/h3-5,11-12,16H,6-10H2,1-2H3;1H. The van der Waals surface area contributed by atoms with Crippen LogP contribution in [0.2, 0.25) is 0 Å². The van der Waals surface area contributed by atoms with Crippen LogP contribution < -0.4 is 5.32 Å². The molecule has 2 aliphatic heterocycles. The van der Waals surface area contributed by atoms with Gasteiger partial charge in [-0.2, -0.15) is 0 Å². The van der Waals surface area contributed by atoms with E-state index in [0.29, 0.717) is 12.2 Å². The Balaban J connectivity index is 0.00000133. The summed E-state index contributed by atoms with van der Waals surface area (Å²) in [6, 6.07) is 6.68. The molecular weight excluding hydrogens is 260 g/mol. The van der Waals surface area contributed by atoms with Crippen LogP contribution in [0.3, 0.4) is 0 Å². The Morgan fingerprint density at radius 1 is 1.26 bits per heavy atom. The molecule has 0 saturated carbocycles. The van der Waals surface area contributed by atoms with Gasteiger partial charge in [0.25, 0.3) is 0 Å². The summed E-state index contributed by atoms with van der Waals surface area (Å²) in [5.41, 5.74) is 4.29. The van der Waals surface area contributed by atoms with Crippen molar-refractivity contribution in [2.24, 2.45) is 0 Å². The van der Waals surface area contributed by atoms with Crippen molar-refractivity contribution in [3.8, 4) is 0 Å². The Kier molecular flexibility index (Phi) is 4.71. The average molecular weight is 283 g/mol. The van der Waals surface area contributed by atoms with Crippen LogP contribution in [0.4, 0.5) is 5.69 Å². The number of benzene rings is 1. The summed E-state index contributed by atoms with van der Waals surface area (Å²) in [7, 11) is 0. The number of para-hydroxylation sites is 1. The van der Waals surface area contributed by atoms with Crippen molar-refractivity contribution in [3.05, 3.63) is 29.3 Å². The van der Waals surface area contributed by atoms with Crippen LogP contribution in [0.15, 0.2) is 18.2 Å². The Morgan fingerprint density at radius 3 is 2.74 bits per heavy atom. The van der Waals surface area contributed by atoms with E-state index in [1.54, 1.807) is 0 Å². The molecule has 2 heterocycles. The minimum absolute atomic E-state index is 0. The molecule has 1 aromatic carbocycles. The highest BCUT2D eigenvalue weighted by atomic mass is 35.5. The second-order valence-corrected chi connectivity index (χ2v) is 5.58. The number of ether oxygens (including phenoxy) is 1. The van der Waals surface area contributed by atoms with E-state index in [1.807, 2.05) is 0 Å². The predicted molar refractivity (Wildman–Crippen MR) is 81.2 cm³/mol. The van der Waals surface area contributed by atoms with Crippen molar-refractivity contribution in [3.63, 3.8) is 0 Å². The molecule has 2 aliphatic rings. The number of halogens is 1. The minimum atomic E-state index is 0. The Hall–Kier alpha value is -0.770. The van der Waals surface area contributed by atoms with Crippen molar-refractivity contribution >= 4 is 18.1 Å². The maximum absolute atomic E-state index is 5.79.